The van der Waals surface area contributed by atoms with Crippen molar-refractivity contribution in [1.82, 2.24) is 19.7 Å². The van der Waals surface area contributed by atoms with E-state index < -0.39 is 0 Å². The highest BCUT2D eigenvalue weighted by molar-refractivity contribution is 6.30. The molecule has 0 atom stereocenters. The van der Waals surface area contributed by atoms with Gasteiger partial charge in [-0.25, -0.2) is 19.0 Å². The van der Waals surface area contributed by atoms with Gasteiger partial charge in [0, 0.05) is 11.6 Å². The molecule has 25 heavy (non-hydrogen) atoms. The Morgan fingerprint density at radius 3 is 2.52 bits per heavy atom. The maximum Gasteiger partial charge on any atom is 0.168 e. The Labute approximate surface area is 148 Å². The minimum absolute atomic E-state index is 0.292. The second-order valence-electron chi connectivity index (χ2n) is 5.47. The smallest absolute Gasteiger partial charge is 0.168 e. The van der Waals surface area contributed by atoms with E-state index in [1.807, 2.05) is 24.3 Å². The van der Waals surface area contributed by atoms with Crippen LogP contribution in [0, 0.1) is 5.82 Å². The second kappa shape index (κ2) is 6.49. The fourth-order valence-corrected chi connectivity index (χ4v) is 2.67. The molecule has 4 aromatic rings. The van der Waals surface area contributed by atoms with E-state index in [1.165, 1.54) is 18.5 Å². The number of aromatic nitrogens is 4. The summed E-state index contributed by atoms with van der Waals surface area (Å²) < 4.78 is 14.8. The van der Waals surface area contributed by atoms with E-state index in [-0.39, 0.29) is 5.82 Å². The van der Waals surface area contributed by atoms with Gasteiger partial charge in [0.1, 0.15) is 18.0 Å². The Balaban J connectivity index is 1.64. The average Bonchev–Trinajstić information content (AvgIpc) is 3.07. The van der Waals surface area contributed by atoms with Crippen LogP contribution in [-0.2, 0) is 6.54 Å². The normalized spacial score (nSPS) is 11.0. The molecule has 4 rings (SSSR count). The van der Waals surface area contributed by atoms with Gasteiger partial charge in [-0.15, -0.1) is 0 Å². The summed E-state index contributed by atoms with van der Waals surface area (Å²) in [5.74, 6) is 0.397. The predicted molar refractivity (Wildman–Crippen MR) is 95.4 cm³/mol. The number of anilines is 1. The maximum absolute atomic E-state index is 13.1. The molecule has 0 spiro atoms. The Morgan fingerprint density at radius 2 is 1.76 bits per heavy atom. The highest BCUT2D eigenvalue weighted by atomic mass is 35.5. The maximum atomic E-state index is 13.1. The first-order chi connectivity index (χ1) is 12.2. The Morgan fingerprint density at radius 1 is 1.00 bits per heavy atom. The number of rotatable bonds is 4. The third-order valence-corrected chi connectivity index (χ3v) is 4.06. The molecule has 0 saturated heterocycles. The number of halogens is 2. The molecule has 0 unspecified atom stereocenters. The molecule has 0 aliphatic carbocycles. The van der Waals surface area contributed by atoms with Crippen LogP contribution in [0.5, 0.6) is 0 Å². The van der Waals surface area contributed by atoms with E-state index in [0.717, 1.165) is 16.6 Å². The van der Waals surface area contributed by atoms with E-state index in [2.05, 4.69) is 20.4 Å². The van der Waals surface area contributed by atoms with E-state index in [0.29, 0.717) is 23.0 Å². The van der Waals surface area contributed by atoms with E-state index in [1.54, 1.807) is 23.0 Å². The summed E-state index contributed by atoms with van der Waals surface area (Å²) in [5.41, 5.74) is 2.47. The first kappa shape index (κ1) is 15.5. The van der Waals surface area contributed by atoms with Crippen LogP contribution in [-0.4, -0.2) is 19.7 Å². The van der Waals surface area contributed by atoms with Crippen molar-refractivity contribution in [3.63, 3.8) is 0 Å². The van der Waals surface area contributed by atoms with Crippen molar-refractivity contribution in [1.29, 1.82) is 0 Å². The summed E-state index contributed by atoms with van der Waals surface area (Å²) in [4.78, 5) is 8.60. The molecule has 124 valence electrons. The summed E-state index contributed by atoms with van der Waals surface area (Å²) >= 11 is 5.90. The summed E-state index contributed by atoms with van der Waals surface area (Å²) in [7, 11) is 0. The molecule has 0 amide bonds. The molecule has 0 aliphatic rings. The molecule has 0 aliphatic heterocycles. The lowest BCUT2D eigenvalue weighted by molar-refractivity contribution is 0.627. The van der Waals surface area contributed by atoms with Crippen LogP contribution in [0.4, 0.5) is 10.2 Å². The van der Waals surface area contributed by atoms with Crippen LogP contribution < -0.4 is 5.32 Å². The lowest BCUT2D eigenvalue weighted by Crippen LogP contribution is -2.03. The Bertz CT molecular complexity index is 1010. The van der Waals surface area contributed by atoms with Crippen molar-refractivity contribution in [3.8, 4) is 5.69 Å². The quantitative estimate of drug-likeness (QED) is 0.597. The lowest BCUT2D eigenvalue weighted by Gasteiger charge is -2.07. The second-order valence-corrected chi connectivity index (χ2v) is 5.91. The Hall–Kier alpha value is -2.99. The molecular weight excluding hydrogens is 341 g/mol. The van der Waals surface area contributed by atoms with E-state index in [9.17, 15) is 4.39 Å². The molecule has 2 aromatic carbocycles. The standard InChI is InChI=1S/C18H13ClFN5/c19-13-3-1-12(2-4-13)9-21-17-16-10-24-25(18(16)23-11-22-17)15-7-5-14(20)6-8-15/h1-8,10-11H,9H2,(H,21,22,23). The topological polar surface area (TPSA) is 55.6 Å². The SMILES string of the molecule is Fc1ccc(-n2ncc3c(NCc4ccc(Cl)cc4)ncnc32)cc1. The van der Waals surface area contributed by atoms with Crippen LogP contribution in [0.15, 0.2) is 61.1 Å². The van der Waals surface area contributed by atoms with Crippen molar-refractivity contribution >= 4 is 28.5 Å². The third kappa shape index (κ3) is 3.16. The van der Waals surface area contributed by atoms with Gasteiger partial charge in [0.25, 0.3) is 0 Å². The number of hydrogen-bond donors (Lipinski definition) is 1. The predicted octanol–water partition coefficient (Wildman–Crippen LogP) is 4.22. The van der Waals surface area contributed by atoms with Crippen LogP contribution in [0.2, 0.25) is 5.02 Å². The molecule has 0 bridgehead atoms. The molecule has 2 aromatic heterocycles. The summed E-state index contributed by atoms with van der Waals surface area (Å²) in [6.45, 7) is 0.602. The van der Waals surface area contributed by atoms with Gasteiger partial charge in [-0.3, -0.25) is 0 Å². The zero-order chi connectivity index (χ0) is 17.2. The number of hydrogen-bond acceptors (Lipinski definition) is 4. The molecule has 0 saturated carbocycles. The lowest BCUT2D eigenvalue weighted by atomic mass is 10.2. The zero-order valence-electron chi connectivity index (χ0n) is 13.0. The van der Waals surface area contributed by atoms with Crippen LogP contribution in [0.1, 0.15) is 5.56 Å². The van der Waals surface area contributed by atoms with Gasteiger partial charge in [-0.05, 0) is 42.0 Å². The van der Waals surface area contributed by atoms with Crippen LogP contribution >= 0.6 is 11.6 Å². The summed E-state index contributed by atoms with van der Waals surface area (Å²) in [6, 6.07) is 13.7. The van der Waals surface area contributed by atoms with Gasteiger partial charge in [0.05, 0.1) is 17.3 Å². The van der Waals surface area contributed by atoms with Gasteiger partial charge < -0.3 is 5.32 Å². The van der Waals surface area contributed by atoms with E-state index >= 15 is 0 Å². The van der Waals surface area contributed by atoms with Crippen molar-refractivity contribution in [2.24, 2.45) is 0 Å². The third-order valence-electron chi connectivity index (χ3n) is 3.81. The Kier molecular flexibility index (Phi) is 4.03. The van der Waals surface area contributed by atoms with Crippen molar-refractivity contribution in [2.75, 3.05) is 5.32 Å². The highest BCUT2D eigenvalue weighted by Gasteiger charge is 2.11. The fraction of sp³-hybridized carbons (Fsp3) is 0.0556. The minimum atomic E-state index is -0.292. The van der Waals surface area contributed by atoms with Gasteiger partial charge in [-0.2, -0.15) is 5.10 Å². The van der Waals surface area contributed by atoms with Gasteiger partial charge in [0.2, 0.25) is 0 Å². The van der Waals surface area contributed by atoms with E-state index in [4.69, 9.17) is 11.6 Å². The highest BCUT2D eigenvalue weighted by Crippen LogP contribution is 2.22. The molecular formula is C18H13ClFN5. The number of nitrogens with one attached hydrogen (secondary N) is 1. The largest absolute Gasteiger partial charge is 0.365 e. The van der Waals surface area contributed by atoms with Crippen LogP contribution in [0.3, 0.4) is 0 Å². The summed E-state index contributed by atoms with van der Waals surface area (Å²) in [6.07, 6.45) is 3.18. The molecule has 7 heteroatoms. The monoisotopic (exact) mass is 353 g/mol. The molecule has 2 heterocycles. The van der Waals surface area contributed by atoms with Gasteiger partial charge in [0.15, 0.2) is 5.65 Å². The fourth-order valence-electron chi connectivity index (χ4n) is 2.54. The van der Waals surface area contributed by atoms with Crippen molar-refractivity contribution in [2.45, 2.75) is 6.54 Å². The molecule has 0 fully saturated rings. The first-order valence-corrected chi connectivity index (χ1v) is 8.01. The van der Waals surface area contributed by atoms with Crippen molar-refractivity contribution in [3.05, 3.63) is 77.5 Å². The molecule has 1 N–H and O–H groups in total. The number of nitrogens with zero attached hydrogens (tertiary/aromatic N) is 4. The minimum Gasteiger partial charge on any atom is -0.365 e. The zero-order valence-corrected chi connectivity index (χ0v) is 13.8. The number of fused-ring (bicyclic) bond motifs is 1. The van der Waals surface area contributed by atoms with Gasteiger partial charge in [-0.1, -0.05) is 23.7 Å². The van der Waals surface area contributed by atoms with Crippen molar-refractivity contribution < 1.29 is 4.39 Å². The molecule has 5 nitrogen and oxygen atoms in total. The first-order valence-electron chi connectivity index (χ1n) is 7.64. The summed E-state index contributed by atoms with van der Waals surface area (Å²) in [5, 5.41) is 9.14. The number of benzene rings is 2. The van der Waals surface area contributed by atoms with Gasteiger partial charge >= 0.3 is 0 Å². The average molecular weight is 354 g/mol. The molecule has 0 radical (unpaired) electrons. The van der Waals surface area contributed by atoms with Crippen LogP contribution in [0.25, 0.3) is 16.7 Å².